The van der Waals surface area contributed by atoms with Crippen LogP contribution in [-0.4, -0.2) is 41.7 Å². The summed E-state index contributed by atoms with van der Waals surface area (Å²) in [5.74, 6) is 2.03. The van der Waals surface area contributed by atoms with E-state index < -0.39 is 0 Å². The molecule has 1 aromatic heterocycles. The van der Waals surface area contributed by atoms with Gasteiger partial charge < -0.3 is 18.9 Å². The molecule has 0 saturated carbocycles. The van der Waals surface area contributed by atoms with E-state index in [1.54, 1.807) is 14.2 Å². The lowest BCUT2D eigenvalue weighted by Gasteiger charge is -2.16. The number of likely N-dealkylation sites (N-methyl/N-ethyl adjacent to an activating group) is 1. The first kappa shape index (κ1) is 19.4. The highest BCUT2D eigenvalue weighted by molar-refractivity contribution is 5.77. The van der Waals surface area contributed by atoms with Gasteiger partial charge in [-0.15, -0.1) is 0 Å². The number of nitrogens with zero attached hydrogens (tertiary/aromatic N) is 3. The molecule has 3 aromatic rings. The molecule has 0 radical (unpaired) electrons. The van der Waals surface area contributed by atoms with E-state index in [4.69, 9.17) is 14.0 Å². The third-order valence-electron chi connectivity index (χ3n) is 4.50. The van der Waals surface area contributed by atoms with E-state index in [0.717, 1.165) is 16.7 Å². The SMILES string of the molecule is COc1cccc(-c2noc(CN(C)C(=O)COc3cccc(C)c3C)n2)c1. The average Bonchev–Trinajstić information content (AvgIpc) is 3.17. The van der Waals surface area contributed by atoms with E-state index in [1.807, 2.05) is 56.3 Å². The van der Waals surface area contributed by atoms with Gasteiger partial charge in [-0.2, -0.15) is 4.98 Å². The van der Waals surface area contributed by atoms with Gasteiger partial charge in [-0.3, -0.25) is 4.79 Å². The fourth-order valence-electron chi connectivity index (χ4n) is 2.62. The summed E-state index contributed by atoms with van der Waals surface area (Å²) in [4.78, 5) is 18.2. The second kappa shape index (κ2) is 8.56. The lowest BCUT2D eigenvalue weighted by atomic mass is 10.1. The van der Waals surface area contributed by atoms with Gasteiger partial charge in [0, 0.05) is 12.6 Å². The molecule has 0 aliphatic rings. The number of aryl methyl sites for hydroxylation is 1. The first-order valence-corrected chi connectivity index (χ1v) is 8.88. The van der Waals surface area contributed by atoms with Gasteiger partial charge in [0.2, 0.25) is 11.7 Å². The Balaban J connectivity index is 1.60. The topological polar surface area (TPSA) is 77.7 Å². The van der Waals surface area contributed by atoms with Crippen molar-refractivity contribution >= 4 is 5.91 Å². The number of hydrogen-bond donors (Lipinski definition) is 0. The van der Waals surface area contributed by atoms with Gasteiger partial charge in [-0.05, 0) is 43.2 Å². The van der Waals surface area contributed by atoms with Crippen LogP contribution in [0.25, 0.3) is 11.4 Å². The normalized spacial score (nSPS) is 10.6. The molecule has 0 bridgehead atoms. The molecule has 3 rings (SSSR count). The van der Waals surface area contributed by atoms with Crippen LogP contribution in [0.15, 0.2) is 47.0 Å². The lowest BCUT2D eigenvalue weighted by molar-refractivity contribution is -0.132. The highest BCUT2D eigenvalue weighted by Crippen LogP contribution is 2.22. The molecule has 0 saturated heterocycles. The van der Waals surface area contributed by atoms with Crippen molar-refractivity contribution in [3.05, 3.63) is 59.5 Å². The molecule has 1 heterocycles. The summed E-state index contributed by atoms with van der Waals surface area (Å²) >= 11 is 0. The maximum atomic E-state index is 12.4. The zero-order valence-corrected chi connectivity index (χ0v) is 16.4. The zero-order valence-electron chi connectivity index (χ0n) is 16.4. The van der Waals surface area contributed by atoms with Crippen LogP contribution in [0.3, 0.4) is 0 Å². The number of carbonyl (C=O) groups is 1. The van der Waals surface area contributed by atoms with Crippen molar-refractivity contribution in [2.24, 2.45) is 0 Å². The fourth-order valence-corrected chi connectivity index (χ4v) is 2.62. The summed E-state index contributed by atoms with van der Waals surface area (Å²) in [6.45, 7) is 4.12. The molecule has 7 heteroatoms. The van der Waals surface area contributed by atoms with Crippen molar-refractivity contribution in [3.63, 3.8) is 0 Å². The van der Waals surface area contributed by atoms with Crippen LogP contribution < -0.4 is 9.47 Å². The Kier molecular flexibility index (Phi) is 5.93. The summed E-state index contributed by atoms with van der Waals surface area (Å²) in [6.07, 6.45) is 0. The van der Waals surface area contributed by atoms with E-state index in [0.29, 0.717) is 23.2 Å². The molecule has 0 aliphatic carbocycles. The van der Waals surface area contributed by atoms with Gasteiger partial charge in [-0.25, -0.2) is 0 Å². The summed E-state index contributed by atoms with van der Waals surface area (Å²) in [5, 5.41) is 3.98. The maximum absolute atomic E-state index is 12.4. The van der Waals surface area contributed by atoms with Crippen LogP contribution in [0.2, 0.25) is 0 Å². The second-order valence-corrected chi connectivity index (χ2v) is 6.48. The zero-order chi connectivity index (χ0) is 20.1. The van der Waals surface area contributed by atoms with Crippen molar-refractivity contribution in [2.45, 2.75) is 20.4 Å². The Bertz CT molecular complexity index is 968. The first-order chi connectivity index (χ1) is 13.5. The Morgan fingerprint density at radius 2 is 1.96 bits per heavy atom. The van der Waals surface area contributed by atoms with Crippen molar-refractivity contribution in [1.82, 2.24) is 15.0 Å². The predicted octanol–water partition coefficient (Wildman–Crippen LogP) is 3.40. The lowest BCUT2D eigenvalue weighted by Crippen LogP contribution is -2.31. The van der Waals surface area contributed by atoms with E-state index in [9.17, 15) is 4.79 Å². The summed E-state index contributed by atoms with van der Waals surface area (Å²) in [7, 11) is 3.27. The van der Waals surface area contributed by atoms with Crippen LogP contribution >= 0.6 is 0 Å². The molecule has 28 heavy (non-hydrogen) atoms. The monoisotopic (exact) mass is 381 g/mol. The van der Waals surface area contributed by atoms with Crippen molar-refractivity contribution in [2.75, 3.05) is 20.8 Å². The van der Waals surface area contributed by atoms with Gasteiger partial charge in [0.25, 0.3) is 5.91 Å². The highest BCUT2D eigenvalue weighted by Gasteiger charge is 2.16. The Morgan fingerprint density at radius 3 is 2.75 bits per heavy atom. The molecular formula is C21H23N3O4. The molecule has 0 aliphatic heterocycles. The quantitative estimate of drug-likeness (QED) is 0.624. The maximum Gasteiger partial charge on any atom is 0.260 e. The Morgan fingerprint density at radius 1 is 1.18 bits per heavy atom. The van der Waals surface area contributed by atoms with E-state index in [2.05, 4.69) is 10.1 Å². The molecule has 0 fully saturated rings. The molecule has 146 valence electrons. The number of amides is 1. The van der Waals surface area contributed by atoms with Crippen LogP contribution in [0.4, 0.5) is 0 Å². The number of aromatic nitrogens is 2. The van der Waals surface area contributed by atoms with Gasteiger partial charge in [0.05, 0.1) is 13.7 Å². The van der Waals surface area contributed by atoms with Crippen LogP contribution in [0.1, 0.15) is 17.0 Å². The van der Waals surface area contributed by atoms with Crippen LogP contribution in [-0.2, 0) is 11.3 Å². The molecule has 0 atom stereocenters. The summed E-state index contributed by atoms with van der Waals surface area (Å²) < 4.78 is 16.1. The Hall–Kier alpha value is -3.35. The molecule has 0 N–H and O–H groups in total. The van der Waals surface area contributed by atoms with E-state index in [-0.39, 0.29) is 19.1 Å². The first-order valence-electron chi connectivity index (χ1n) is 8.88. The smallest absolute Gasteiger partial charge is 0.260 e. The minimum atomic E-state index is -0.179. The molecule has 1 amide bonds. The van der Waals surface area contributed by atoms with E-state index in [1.165, 1.54) is 4.90 Å². The van der Waals surface area contributed by atoms with Crippen LogP contribution in [0, 0.1) is 13.8 Å². The largest absolute Gasteiger partial charge is 0.497 e. The van der Waals surface area contributed by atoms with Crippen molar-refractivity contribution in [1.29, 1.82) is 0 Å². The number of hydrogen-bond acceptors (Lipinski definition) is 6. The molecule has 0 spiro atoms. The number of methoxy groups -OCH3 is 1. The minimum absolute atomic E-state index is 0.0579. The third-order valence-corrected chi connectivity index (χ3v) is 4.50. The third kappa shape index (κ3) is 4.49. The number of carbonyl (C=O) groups excluding carboxylic acids is 1. The number of benzene rings is 2. The standard InChI is InChI=1S/C21H23N3O4/c1-14-7-5-10-18(15(14)2)27-13-20(25)24(3)12-19-22-21(23-28-19)16-8-6-9-17(11-16)26-4/h5-11H,12-13H2,1-4H3. The van der Waals surface area contributed by atoms with Gasteiger partial charge in [0.15, 0.2) is 6.61 Å². The van der Waals surface area contributed by atoms with Crippen molar-refractivity contribution in [3.8, 4) is 22.9 Å². The predicted molar refractivity (Wildman–Crippen MR) is 104 cm³/mol. The van der Waals surface area contributed by atoms with Crippen molar-refractivity contribution < 1.29 is 18.8 Å². The van der Waals surface area contributed by atoms with Gasteiger partial charge in [0.1, 0.15) is 11.5 Å². The number of rotatable bonds is 7. The van der Waals surface area contributed by atoms with Gasteiger partial charge >= 0.3 is 0 Å². The summed E-state index contributed by atoms with van der Waals surface area (Å²) in [6, 6.07) is 13.1. The minimum Gasteiger partial charge on any atom is -0.497 e. The van der Waals surface area contributed by atoms with Gasteiger partial charge in [-0.1, -0.05) is 29.4 Å². The Labute approximate surface area is 163 Å². The van der Waals surface area contributed by atoms with E-state index >= 15 is 0 Å². The second-order valence-electron chi connectivity index (χ2n) is 6.48. The molecule has 2 aromatic carbocycles. The number of ether oxygens (including phenoxy) is 2. The molecule has 0 unspecified atom stereocenters. The van der Waals surface area contributed by atoms with Crippen LogP contribution in [0.5, 0.6) is 11.5 Å². The molecule has 7 nitrogen and oxygen atoms in total. The fraction of sp³-hybridized carbons (Fsp3) is 0.286. The molecular weight excluding hydrogens is 358 g/mol. The highest BCUT2D eigenvalue weighted by atomic mass is 16.5. The summed E-state index contributed by atoms with van der Waals surface area (Å²) in [5.41, 5.74) is 2.92. The average molecular weight is 381 g/mol.